The topological polar surface area (TPSA) is 46.6 Å². The third kappa shape index (κ3) is 4.11. The molecule has 0 unspecified atom stereocenters. The summed E-state index contributed by atoms with van der Waals surface area (Å²) >= 11 is 0. The lowest BCUT2D eigenvalue weighted by Crippen LogP contribution is -2.30. The number of hydrogen-bond donors (Lipinski definition) is 0. The highest BCUT2D eigenvalue weighted by Crippen LogP contribution is 2.28. The van der Waals surface area contributed by atoms with Crippen LogP contribution < -0.4 is 9.04 Å². The van der Waals surface area contributed by atoms with E-state index in [1.165, 1.54) is 16.4 Å². The van der Waals surface area contributed by atoms with E-state index in [4.69, 9.17) is 4.74 Å². The molecule has 0 aliphatic rings. The zero-order valence-corrected chi connectivity index (χ0v) is 15.9. The van der Waals surface area contributed by atoms with Gasteiger partial charge in [-0.2, -0.15) is 0 Å². The summed E-state index contributed by atoms with van der Waals surface area (Å²) in [4.78, 5) is 0.0355. The van der Waals surface area contributed by atoms with Crippen molar-refractivity contribution in [1.82, 2.24) is 0 Å². The predicted molar refractivity (Wildman–Crippen MR) is 104 cm³/mol. The summed E-state index contributed by atoms with van der Waals surface area (Å²) in [6.07, 6.45) is 0. The van der Waals surface area contributed by atoms with Gasteiger partial charge in [0.2, 0.25) is 0 Å². The van der Waals surface area contributed by atoms with Crippen molar-refractivity contribution in [3.05, 3.63) is 89.7 Å². The van der Waals surface area contributed by atoms with Crippen molar-refractivity contribution >= 4 is 15.7 Å². The van der Waals surface area contributed by atoms with E-state index in [1.54, 1.807) is 31.4 Å². The Morgan fingerprint density at radius 3 is 2.15 bits per heavy atom. The van der Waals surface area contributed by atoms with Gasteiger partial charge in [0, 0.05) is 0 Å². The lowest BCUT2D eigenvalue weighted by atomic mass is 10.1. The smallest absolute Gasteiger partial charge is 0.264 e. The molecule has 0 amide bonds. The maximum atomic E-state index is 13.3. The van der Waals surface area contributed by atoms with Gasteiger partial charge in [-0.3, -0.25) is 4.31 Å². The summed E-state index contributed by atoms with van der Waals surface area (Å²) in [5.41, 5.74) is 2.38. The van der Waals surface area contributed by atoms with Crippen LogP contribution in [0, 0.1) is 12.7 Å². The van der Waals surface area contributed by atoms with Crippen LogP contribution in [0.2, 0.25) is 0 Å². The molecule has 27 heavy (non-hydrogen) atoms. The number of anilines is 1. The quantitative estimate of drug-likeness (QED) is 0.626. The number of rotatable bonds is 6. The number of benzene rings is 3. The average molecular weight is 385 g/mol. The van der Waals surface area contributed by atoms with Gasteiger partial charge in [0.25, 0.3) is 10.0 Å². The highest BCUT2D eigenvalue weighted by molar-refractivity contribution is 7.92. The molecule has 0 saturated carbocycles. The van der Waals surface area contributed by atoms with Gasteiger partial charge < -0.3 is 4.74 Å². The van der Waals surface area contributed by atoms with Crippen molar-refractivity contribution in [3.63, 3.8) is 0 Å². The highest BCUT2D eigenvalue weighted by Gasteiger charge is 2.25. The minimum absolute atomic E-state index is 0.0355. The molecule has 0 spiro atoms. The van der Waals surface area contributed by atoms with Crippen molar-refractivity contribution in [2.24, 2.45) is 0 Å². The number of ether oxygens (including phenoxy) is 1. The molecule has 0 N–H and O–H groups in total. The molecule has 3 aromatic carbocycles. The van der Waals surface area contributed by atoms with Crippen LogP contribution in [0.3, 0.4) is 0 Å². The fraction of sp³-hybridized carbons (Fsp3) is 0.143. The zero-order chi connectivity index (χ0) is 19.4. The molecule has 140 valence electrons. The normalized spacial score (nSPS) is 11.2. The monoisotopic (exact) mass is 385 g/mol. The molecular weight excluding hydrogens is 365 g/mol. The minimum atomic E-state index is -3.88. The highest BCUT2D eigenvalue weighted by atomic mass is 32.2. The van der Waals surface area contributed by atoms with Crippen molar-refractivity contribution < 1.29 is 17.5 Å². The SMILES string of the molecule is COc1ccc(N(Cc2ccccc2C)S(=O)(=O)c2ccc(F)cc2)cc1. The van der Waals surface area contributed by atoms with Gasteiger partial charge in [-0.25, -0.2) is 12.8 Å². The second-order valence-electron chi connectivity index (χ2n) is 6.09. The van der Waals surface area contributed by atoms with Gasteiger partial charge in [-0.05, 0) is 66.6 Å². The van der Waals surface area contributed by atoms with E-state index < -0.39 is 15.8 Å². The third-order valence-corrected chi connectivity index (χ3v) is 6.13. The van der Waals surface area contributed by atoms with Gasteiger partial charge in [-0.15, -0.1) is 0 Å². The standard InChI is InChI=1S/C21H20FNO3S/c1-16-5-3-4-6-17(16)15-23(19-9-11-20(26-2)12-10-19)27(24,25)21-13-7-18(22)8-14-21/h3-14H,15H2,1-2H3. The Morgan fingerprint density at radius 1 is 0.926 bits per heavy atom. The second-order valence-corrected chi connectivity index (χ2v) is 7.95. The molecule has 3 rings (SSSR count). The molecule has 0 aliphatic carbocycles. The van der Waals surface area contributed by atoms with E-state index in [0.29, 0.717) is 11.4 Å². The molecule has 0 fully saturated rings. The molecule has 4 nitrogen and oxygen atoms in total. The number of hydrogen-bond acceptors (Lipinski definition) is 3. The molecule has 0 aliphatic heterocycles. The van der Waals surface area contributed by atoms with Gasteiger partial charge in [0.05, 0.1) is 24.2 Å². The molecule has 0 radical (unpaired) electrons. The van der Waals surface area contributed by atoms with E-state index in [2.05, 4.69) is 0 Å². The van der Waals surface area contributed by atoms with Crippen LogP contribution in [0.4, 0.5) is 10.1 Å². The molecule has 0 bridgehead atoms. The van der Waals surface area contributed by atoms with E-state index in [1.807, 2.05) is 31.2 Å². The Kier molecular flexibility index (Phi) is 5.46. The molecular formula is C21H20FNO3S. The summed E-state index contributed by atoms with van der Waals surface area (Å²) in [6, 6.07) is 19.3. The van der Waals surface area contributed by atoms with Crippen LogP contribution in [0.5, 0.6) is 5.75 Å². The fourth-order valence-corrected chi connectivity index (χ4v) is 4.18. The van der Waals surface area contributed by atoms with Gasteiger partial charge in [0.1, 0.15) is 11.6 Å². The molecule has 3 aromatic rings. The Hall–Kier alpha value is -2.86. The largest absolute Gasteiger partial charge is 0.497 e. The molecule has 0 atom stereocenters. The number of halogens is 1. The zero-order valence-electron chi connectivity index (χ0n) is 15.1. The van der Waals surface area contributed by atoms with Gasteiger partial charge in [-0.1, -0.05) is 24.3 Å². The molecule has 6 heteroatoms. The maximum absolute atomic E-state index is 13.3. The second kappa shape index (κ2) is 7.80. The Bertz CT molecular complexity index is 1020. The van der Waals surface area contributed by atoms with Crippen LogP contribution in [-0.4, -0.2) is 15.5 Å². The summed E-state index contributed by atoms with van der Waals surface area (Å²) in [5, 5.41) is 0. The predicted octanol–water partition coefficient (Wildman–Crippen LogP) is 4.54. The first-order chi connectivity index (χ1) is 12.9. The first-order valence-corrected chi connectivity index (χ1v) is 9.82. The molecule has 0 saturated heterocycles. The average Bonchev–Trinajstić information content (AvgIpc) is 2.68. The van der Waals surface area contributed by atoms with E-state index in [-0.39, 0.29) is 11.4 Å². The van der Waals surface area contributed by atoms with E-state index in [9.17, 15) is 12.8 Å². The van der Waals surface area contributed by atoms with Crippen LogP contribution in [0.25, 0.3) is 0 Å². The minimum Gasteiger partial charge on any atom is -0.497 e. The van der Waals surface area contributed by atoms with Crippen LogP contribution in [-0.2, 0) is 16.6 Å². The van der Waals surface area contributed by atoms with Crippen molar-refractivity contribution in [2.45, 2.75) is 18.4 Å². The Morgan fingerprint density at radius 2 is 1.56 bits per heavy atom. The maximum Gasteiger partial charge on any atom is 0.264 e. The lowest BCUT2D eigenvalue weighted by Gasteiger charge is -2.25. The van der Waals surface area contributed by atoms with E-state index in [0.717, 1.165) is 23.3 Å². The molecule has 0 heterocycles. The molecule has 0 aromatic heterocycles. The number of aryl methyl sites for hydroxylation is 1. The number of sulfonamides is 1. The van der Waals surface area contributed by atoms with Crippen molar-refractivity contribution in [2.75, 3.05) is 11.4 Å². The summed E-state index contributed by atoms with van der Waals surface area (Å²) in [6.45, 7) is 2.10. The summed E-state index contributed by atoms with van der Waals surface area (Å²) in [7, 11) is -2.33. The Balaban J connectivity index is 2.08. The number of methoxy groups -OCH3 is 1. The lowest BCUT2D eigenvalue weighted by molar-refractivity contribution is 0.415. The Labute approximate surface area is 158 Å². The first kappa shape index (κ1) is 18.9. The van der Waals surface area contributed by atoms with Gasteiger partial charge >= 0.3 is 0 Å². The van der Waals surface area contributed by atoms with E-state index >= 15 is 0 Å². The van der Waals surface area contributed by atoms with Crippen molar-refractivity contribution in [1.29, 1.82) is 0 Å². The fourth-order valence-electron chi connectivity index (χ4n) is 2.74. The van der Waals surface area contributed by atoms with Crippen LogP contribution in [0.15, 0.2) is 77.7 Å². The summed E-state index contributed by atoms with van der Waals surface area (Å²) in [5.74, 6) is 0.151. The first-order valence-electron chi connectivity index (χ1n) is 8.38. The third-order valence-electron chi connectivity index (χ3n) is 4.34. The summed E-state index contributed by atoms with van der Waals surface area (Å²) < 4.78 is 46.3. The van der Waals surface area contributed by atoms with Crippen LogP contribution >= 0.6 is 0 Å². The van der Waals surface area contributed by atoms with Gasteiger partial charge in [0.15, 0.2) is 0 Å². The number of nitrogens with zero attached hydrogens (tertiary/aromatic N) is 1. The van der Waals surface area contributed by atoms with Crippen LogP contribution in [0.1, 0.15) is 11.1 Å². The van der Waals surface area contributed by atoms with Crippen molar-refractivity contribution in [3.8, 4) is 5.75 Å².